The first kappa shape index (κ1) is 11.6. The second kappa shape index (κ2) is 6.06. The third-order valence-electron chi connectivity index (χ3n) is 2.05. The van der Waals surface area contributed by atoms with Gasteiger partial charge in [-0.25, -0.2) is 0 Å². The number of rotatable bonds is 4. The summed E-state index contributed by atoms with van der Waals surface area (Å²) in [5.74, 6) is 0.594. The molecule has 0 aliphatic carbocycles. The molecule has 3 heteroatoms. The Morgan fingerprint density at radius 3 is 2.50 bits per heavy atom. The molecule has 1 nitrogen and oxygen atoms in total. The van der Waals surface area contributed by atoms with Crippen molar-refractivity contribution in [2.75, 3.05) is 5.88 Å². The molecule has 0 radical (unpaired) electrons. The lowest BCUT2D eigenvalue weighted by Crippen LogP contribution is -1.95. The number of benzene rings is 1. The molecule has 0 N–H and O–H groups in total. The Balaban J connectivity index is 2.70. The number of halogens is 2. The van der Waals surface area contributed by atoms with E-state index in [-0.39, 0.29) is 5.92 Å². The van der Waals surface area contributed by atoms with Crippen molar-refractivity contribution in [3.05, 3.63) is 34.3 Å². The van der Waals surface area contributed by atoms with E-state index >= 15 is 0 Å². The van der Waals surface area contributed by atoms with Gasteiger partial charge in [0.1, 0.15) is 0 Å². The Labute approximate surface area is 97.8 Å². The highest BCUT2D eigenvalue weighted by atomic mass is 79.9. The molecule has 14 heavy (non-hydrogen) atoms. The van der Waals surface area contributed by atoms with Gasteiger partial charge in [-0.1, -0.05) is 28.1 Å². The molecule has 0 aromatic heterocycles. The average molecular weight is 273 g/mol. The predicted octanol–water partition coefficient (Wildman–Crippen LogP) is 4.08. The van der Waals surface area contributed by atoms with Crippen LogP contribution in [0.5, 0.6) is 0 Å². The van der Waals surface area contributed by atoms with E-state index in [1.165, 1.54) is 0 Å². The first-order chi connectivity index (χ1) is 6.77. The van der Waals surface area contributed by atoms with Gasteiger partial charge in [0.15, 0.2) is 0 Å². The van der Waals surface area contributed by atoms with Crippen LogP contribution in [0, 0.1) is 11.3 Å². The predicted molar refractivity (Wildman–Crippen MR) is 62.5 cm³/mol. The summed E-state index contributed by atoms with van der Waals surface area (Å²) in [5.41, 5.74) is 1.07. The molecule has 0 saturated heterocycles. The summed E-state index contributed by atoms with van der Waals surface area (Å²) in [5, 5.41) is 8.97. The van der Waals surface area contributed by atoms with Crippen LogP contribution in [-0.4, -0.2) is 5.88 Å². The molecule has 0 amide bonds. The summed E-state index contributed by atoms with van der Waals surface area (Å²) in [6.45, 7) is 0. The van der Waals surface area contributed by atoms with E-state index in [4.69, 9.17) is 16.9 Å². The summed E-state index contributed by atoms with van der Waals surface area (Å²) in [6.07, 6.45) is 1.72. The van der Waals surface area contributed by atoms with E-state index in [1.807, 2.05) is 24.3 Å². The van der Waals surface area contributed by atoms with E-state index in [9.17, 15) is 0 Å². The normalized spacial score (nSPS) is 12.1. The van der Waals surface area contributed by atoms with Gasteiger partial charge < -0.3 is 0 Å². The van der Waals surface area contributed by atoms with Gasteiger partial charge in [-0.05, 0) is 30.5 Å². The maximum Gasteiger partial charge on any atom is 0.0713 e. The molecule has 74 valence electrons. The quantitative estimate of drug-likeness (QED) is 0.758. The fourth-order valence-electron chi connectivity index (χ4n) is 1.28. The molecule has 1 rings (SSSR count). The number of nitrogens with zero attached hydrogens (tertiary/aromatic N) is 1. The van der Waals surface area contributed by atoms with Crippen molar-refractivity contribution in [2.24, 2.45) is 0 Å². The maximum atomic E-state index is 8.97. The standard InChI is InChI=1S/C11H11BrClN/c12-11-5-3-9(4-6-11)10(8-14)2-1-7-13/h3-6,10H,1-2,7H2. The first-order valence-corrected chi connectivity index (χ1v) is 5.81. The van der Waals surface area contributed by atoms with E-state index in [2.05, 4.69) is 22.0 Å². The number of hydrogen-bond donors (Lipinski definition) is 0. The highest BCUT2D eigenvalue weighted by molar-refractivity contribution is 9.10. The molecule has 0 saturated carbocycles. The fourth-order valence-corrected chi connectivity index (χ4v) is 1.70. The number of hydrogen-bond acceptors (Lipinski definition) is 1. The second-order valence-electron chi connectivity index (χ2n) is 3.06. The lowest BCUT2D eigenvalue weighted by atomic mass is 9.96. The first-order valence-electron chi connectivity index (χ1n) is 4.49. The van der Waals surface area contributed by atoms with Gasteiger partial charge in [0.2, 0.25) is 0 Å². The number of nitriles is 1. The molecule has 1 unspecified atom stereocenters. The summed E-state index contributed by atoms with van der Waals surface area (Å²) in [7, 11) is 0. The minimum absolute atomic E-state index is 0.0261. The van der Waals surface area contributed by atoms with Crippen molar-refractivity contribution in [3.63, 3.8) is 0 Å². The van der Waals surface area contributed by atoms with Crippen molar-refractivity contribution in [3.8, 4) is 6.07 Å². The summed E-state index contributed by atoms with van der Waals surface area (Å²) < 4.78 is 1.04. The molecular formula is C11H11BrClN. The van der Waals surface area contributed by atoms with Gasteiger partial charge in [-0.15, -0.1) is 11.6 Å². The zero-order valence-electron chi connectivity index (χ0n) is 7.71. The van der Waals surface area contributed by atoms with Crippen LogP contribution in [0.15, 0.2) is 28.7 Å². The van der Waals surface area contributed by atoms with E-state index < -0.39 is 0 Å². The zero-order chi connectivity index (χ0) is 10.4. The Morgan fingerprint density at radius 1 is 1.36 bits per heavy atom. The average Bonchev–Trinajstić information content (AvgIpc) is 2.21. The van der Waals surface area contributed by atoms with Crippen LogP contribution in [-0.2, 0) is 0 Å². The Kier molecular flexibility index (Phi) is 5.00. The lowest BCUT2D eigenvalue weighted by molar-refractivity contribution is 0.730. The summed E-state index contributed by atoms with van der Waals surface area (Å²) in [6, 6.07) is 10.2. The van der Waals surface area contributed by atoms with Gasteiger partial charge in [0.05, 0.1) is 12.0 Å². The van der Waals surface area contributed by atoms with Crippen LogP contribution in [0.25, 0.3) is 0 Å². The topological polar surface area (TPSA) is 23.8 Å². The Bertz CT molecular complexity index is 315. The molecule has 0 fully saturated rings. The van der Waals surface area contributed by atoms with Crippen LogP contribution in [0.4, 0.5) is 0 Å². The monoisotopic (exact) mass is 271 g/mol. The van der Waals surface area contributed by atoms with Crippen LogP contribution >= 0.6 is 27.5 Å². The van der Waals surface area contributed by atoms with Crippen LogP contribution in [0.2, 0.25) is 0 Å². The smallest absolute Gasteiger partial charge is 0.0713 e. The number of alkyl halides is 1. The van der Waals surface area contributed by atoms with Crippen molar-refractivity contribution in [2.45, 2.75) is 18.8 Å². The van der Waals surface area contributed by atoms with Gasteiger partial charge in [0, 0.05) is 10.4 Å². The van der Waals surface area contributed by atoms with E-state index in [0.717, 1.165) is 22.9 Å². The minimum Gasteiger partial charge on any atom is -0.198 e. The summed E-state index contributed by atoms with van der Waals surface area (Å²) in [4.78, 5) is 0. The molecule has 1 atom stereocenters. The molecule has 0 aliphatic heterocycles. The van der Waals surface area contributed by atoms with Crippen LogP contribution in [0.1, 0.15) is 24.3 Å². The molecule has 1 aromatic rings. The van der Waals surface area contributed by atoms with Gasteiger partial charge in [-0.3, -0.25) is 0 Å². The van der Waals surface area contributed by atoms with Crippen molar-refractivity contribution < 1.29 is 0 Å². The molecule has 1 aromatic carbocycles. The fraction of sp³-hybridized carbons (Fsp3) is 0.364. The van der Waals surface area contributed by atoms with E-state index in [0.29, 0.717) is 5.88 Å². The van der Waals surface area contributed by atoms with Crippen LogP contribution in [0.3, 0.4) is 0 Å². The lowest BCUT2D eigenvalue weighted by Gasteiger charge is -2.07. The SMILES string of the molecule is N#CC(CCCCl)c1ccc(Br)cc1. The van der Waals surface area contributed by atoms with Crippen molar-refractivity contribution in [1.29, 1.82) is 5.26 Å². The third-order valence-corrected chi connectivity index (χ3v) is 2.85. The second-order valence-corrected chi connectivity index (χ2v) is 4.36. The molecule has 0 aliphatic rings. The zero-order valence-corrected chi connectivity index (χ0v) is 10.1. The minimum atomic E-state index is -0.0261. The van der Waals surface area contributed by atoms with Crippen molar-refractivity contribution >= 4 is 27.5 Å². The maximum absolute atomic E-state index is 8.97. The van der Waals surface area contributed by atoms with E-state index in [1.54, 1.807) is 0 Å². The highest BCUT2D eigenvalue weighted by Crippen LogP contribution is 2.22. The largest absolute Gasteiger partial charge is 0.198 e. The van der Waals surface area contributed by atoms with Gasteiger partial charge >= 0.3 is 0 Å². The van der Waals surface area contributed by atoms with Gasteiger partial charge in [0.25, 0.3) is 0 Å². The molecular weight excluding hydrogens is 261 g/mol. The molecule has 0 bridgehead atoms. The van der Waals surface area contributed by atoms with Gasteiger partial charge in [-0.2, -0.15) is 5.26 Å². The molecule has 0 spiro atoms. The Hall–Kier alpha value is -0.520. The Morgan fingerprint density at radius 2 is 2.00 bits per heavy atom. The highest BCUT2D eigenvalue weighted by Gasteiger charge is 2.09. The third kappa shape index (κ3) is 3.32. The van der Waals surface area contributed by atoms with Crippen LogP contribution < -0.4 is 0 Å². The van der Waals surface area contributed by atoms with Crippen molar-refractivity contribution in [1.82, 2.24) is 0 Å². The molecule has 0 heterocycles. The summed E-state index contributed by atoms with van der Waals surface area (Å²) >= 11 is 8.96.